The SMILES string of the molecule is CN1CCOC(CS(=O)c2nc3ccc(N)cc3[nH]2)C1. The van der Waals surface area contributed by atoms with Crippen molar-refractivity contribution in [2.45, 2.75) is 11.3 Å². The number of rotatable bonds is 3. The highest BCUT2D eigenvalue weighted by Gasteiger charge is 2.22. The van der Waals surface area contributed by atoms with E-state index in [1.54, 1.807) is 12.1 Å². The molecule has 20 heavy (non-hydrogen) atoms. The van der Waals surface area contributed by atoms with Gasteiger partial charge in [-0.25, -0.2) is 4.98 Å². The average Bonchev–Trinajstić information content (AvgIpc) is 2.81. The van der Waals surface area contributed by atoms with Crippen LogP contribution in [0.1, 0.15) is 0 Å². The van der Waals surface area contributed by atoms with Gasteiger partial charge in [-0.3, -0.25) is 4.21 Å². The maximum Gasteiger partial charge on any atom is 0.197 e. The lowest BCUT2D eigenvalue weighted by Gasteiger charge is -2.29. The number of likely N-dealkylation sites (N-methyl/N-ethyl adjacent to an activating group) is 1. The Labute approximate surface area is 119 Å². The Morgan fingerprint density at radius 1 is 1.60 bits per heavy atom. The molecule has 0 aliphatic carbocycles. The van der Waals surface area contributed by atoms with Gasteiger partial charge in [-0.15, -0.1) is 0 Å². The lowest BCUT2D eigenvalue weighted by Crippen LogP contribution is -2.42. The highest BCUT2D eigenvalue weighted by atomic mass is 32.2. The van der Waals surface area contributed by atoms with E-state index in [2.05, 4.69) is 14.9 Å². The second-order valence-corrected chi connectivity index (χ2v) is 6.50. The van der Waals surface area contributed by atoms with Crippen molar-refractivity contribution in [1.82, 2.24) is 14.9 Å². The van der Waals surface area contributed by atoms with E-state index in [4.69, 9.17) is 10.5 Å². The third kappa shape index (κ3) is 2.84. The van der Waals surface area contributed by atoms with Crippen molar-refractivity contribution in [3.63, 3.8) is 0 Å². The zero-order valence-electron chi connectivity index (χ0n) is 11.3. The fourth-order valence-corrected chi connectivity index (χ4v) is 3.45. The first kappa shape index (κ1) is 13.5. The number of hydrogen-bond donors (Lipinski definition) is 2. The molecule has 7 heteroatoms. The van der Waals surface area contributed by atoms with E-state index in [1.165, 1.54) is 0 Å². The fourth-order valence-electron chi connectivity index (χ4n) is 2.33. The zero-order valence-corrected chi connectivity index (χ0v) is 12.2. The third-order valence-electron chi connectivity index (χ3n) is 3.38. The predicted octanol–water partition coefficient (Wildman–Crippen LogP) is 0.583. The summed E-state index contributed by atoms with van der Waals surface area (Å²) in [5.41, 5.74) is 7.98. The molecule has 2 unspecified atom stereocenters. The number of anilines is 1. The molecule has 0 bridgehead atoms. The molecule has 2 heterocycles. The van der Waals surface area contributed by atoms with Crippen LogP contribution in [-0.4, -0.2) is 57.7 Å². The Morgan fingerprint density at radius 2 is 2.45 bits per heavy atom. The van der Waals surface area contributed by atoms with Crippen molar-refractivity contribution in [1.29, 1.82) is 0 Å². The Kier molecular flexibility index (Phi) is 3.73. The van der Waals surface area contributed by atoms with E-state index in [1.807, 2.05) is 13.1 Å². The summed E-state index contributed by atoms with van der Waals surface area (Å²) in [5.74, 6) is 0.458. The number of ether oxygens (including phenoxy) is 1. The number of hydrogen-bond acceptors (Lipinski definition) is 5. The molecule has 0 amide bonds. The molecule has 1 saturated heterocycles. The Hall–Kier alpha value is -1.44. The van der Waals surface area contributed by atoms with E-state index in [-0.39, 0.29) is 6.10 Å². The normalized spacial score (nSPS) is 22.1. The number of aromatic amines is 1. The first-order chi connectivity index (χ1) is 9.61. The summed E-state index contributed by atoms with van der Waals surface area (Å²) in [6, 6.07) is 5.41. The zero-order chi connectivity index (χ0) is 14.1. The summed E-state index contributed by atoms with van der Waals surface area (Å²) < 4.78 is 18.0. The Morgan fingerprint density at radius 3 is 3.25 bits per heavy atom. The smallest absolute Gasteiger partial charge is 0.197 e. The summed E-state index contributed by atoms with van der Waals surface area (Å²) in [7, 11) is 0.850. The van der Waals surface area contributed by atoms with Crippen molar-refractivity contribution in [2.75, 3.05) is 38.2 Å². The molecule has 6 nitrogen and oxygen atoms in total. The fraction of sp³-hybridized carbons (Fsp3) is 0.462. The number of benzene rings is 1. The maximum absolute atomic E-state index is 12.4. The number of nitrogen functional groups attached to an aromatic ring is 1. The monoisotopic (exact) mass is 294 g/mol. The molecule has 0 radical (unpaired) electrons. The second kappa shape index (κ2) is 5.51. The third-order valence-corrected chi connectivity index (χ3v) is 4.68. The lowest BCUT2D eigenvalue weighted by atomic mass is 10.3. The molecular weight excluding hydrogens is 276 g/mol. The van der Waals surface area contributed by atoms with Gasteiger partial charge in [0.1, 0.15) is 0 Å². The number of H-pyrrole nitrogens is 1. The first-order valence-corrected chi connectivity index (χ1v) is 7.87. The average molecular weight is 294 g/mol. The van der Waals surface area contributed by atoms with Gasteiger partial charge >= 0.3 is 0 Å². The standard InChI is InChI=1S/C13H18N4O2S/c1-17-4-5-19-10(7-17)8-20(18)13-15-11-3-2-9(14)6-12(11)16-13/h2-3,6,10H,4-5,7-8,14H2,1H3,(H,15,16). The number of fused-ring (bicyclic) bond motifs is 1. The van der Waals surface area contributed by atoms with Gasteiger partial charge in [-0.2, -0.15) is 0 Å². The largest absolute Gasteiger partial charge is 0.399 e. The summed E-state index contributed by atoms with van der Waals surface area (Å²) in [4.78, 5) is 9.62. The van der Waals surface area contributed by atoms with Crippen LogP contribution in [0.2, 0.25) is 0 Å². The minimum absolute atomic E-state index is 0.00661. The highest BCUT2D eigenvalue weighted by molar-refractivity contribution is 7.84. The van der Waals surface area contributed by atoms with E-state index in [9.17, 15) is 4.21 Å². The molecule has 2 aromatic rings. The maximum atomic E-state index is 12.4. The number of nitrogens with one attached hydrogen (secondary N) is 1. The summed E-state index contributed by atoms with van der Waals surface area (Å²) in [6.07, 6.45) is -0.00661. The van der Waals surface area contributed by atoms with Gasteiger partial charge in [0.2, 0.25) is 0 Å². The molecule has 1 aromatic heterocycles. The van der Waals surface area contributed by atoms with E-state index in [0.29, 0.717) is 23.2 Å². The number of nitrogens with two attached hydrogens (primary N) is 1. The molecule has 2 atom stereocenters. The number of nitrogens with zero attached hydrogens (tertiary/aromatic N) is 2. The van der Waals surface area contributed by atoms with Crippen LogP contribution in [0.25, 0.3) is 11.0 Å². The van der Waals surface area contributed by atoms with E-state index < -0.39 is 10.8 Å². The second-order valence-electron chi connectivity index (χ2n) is 5.09. The molecule has 1 fully saturated rings. The van der Waals surface area contributed by atoms with Crippen LogP contribution in [0.4, 0.5) is 5.69 Å². The quantitative estimate of drug-likeness (QED) is 0.809. The van der Waals surface area contributed by atoms with Crippen LogP contribution < -0.4 is 5.73 Å². The molecule has 108 valence electrons. The van der Waals surface area contributed by atoms with Crippen molar-refractivity contribution in [3.8, 4) is 0 Å². The molecule has 1 aliphatic rings. The molecule has 1 aliphatic heterocycles. The topological polar surface area (TPSA) is 84.2 Å². The summed E-state index contributed by atoms with van der Waals surface area (Å²) in [6.45, 7) is 2.42. The lowest BCUT2D eigenvalue weighted by molar-refractivity contribution is -0.00643. The van der Waals surface area contributed by atoms with Crippen molar-refractivity contribution < 1.29 is 8.95 Å². The van der Waals surface area contributed by atoms with Crippen LogP contribution in [0.3, 0.4) is 0 Å². The first-order valence-electron chi connectivity index (χ1n) is 6.55. The Balaban J connectivity index is 1.75. The van der Waals surface area contributed by atoms with Gasteiger partial charge in [0.05, 0.1) is 40.3 Å². The summed E-state index contributed by atoms with van der Waals surface area (Å²) >= 11 is 0. The molecule has 3 N–H and O–H groups in total. The van der Waals surface area contributed by atoms with Gasteiger partial charge in [0.15, 0.2) is 5.16 Å². The van der Waals surface area contributed by atoms with Gasteiger partial charge in [-0.1, -0.05) is 0 Å². The van der Waals surface area contributed by atoms with Gasteiger partial charge in [-0.05, 0) is 25.2 Å². The van der Waals surface area contributed by atoms with Crippen LogP contribution in [0, 0.1) is 0 Å². The van der Waals surface area contributed by atoms with Gasteiger partial charge < -0.3 is 20.4 Å². The highest BCUT2D eigenvalue weighted by Crippen LogP contribution is 2.17. The van der Waals surface area contributed by atoms with Crippen molar-refractivity contribution in [3.05, 3.63) is 18.2 Å². The molecule has 0 spiro atoms. The van der Waals surface area contributed by atoms with Crippen LogP contribution in [0.5, 0.6) is 0 Å². The minimum Gasteiger partial charge on any atom is -0.399 e. The number of imidazole rings is 1. The van der Waals surface area contributed by atoms with Crippen molar-refractivity contribution >= 4 is 27.5 Å². The van der Waals surface area contributed by atoms with E-state index >= 15 is 0 Å². The molecule has 0 saturated carbocycles. The molecular formula is C13H18N4O2S. The van der Waals surface area contributed by atoms with Gasteiger partial charge in [0.25, 0.3) is 0 Å². The molecule has 1 aromatic carbocycles. The number of morpholine rings is 1. The van der Waals surface area contributed by atoms with Crippen LogP contribution >= 0.6 is 0 Å². The van der Waals surface area contributed by atoms with Crippen molar-refractivity contribution in [2.24, 2.45) is 0 Å². The number of aromatic nitrogens is 2. The summed E-state index contributed by atoms with van der Waals surface area (Å²) in [5, 5.41) is 0.488. The Bertz CT molecular complexity index is 642. The van der Waals surface area contributed by atoms with Gasteiger partial charge in [0, 0.05) is 18.8 Å². The van der Waals surface area contributed by atoms with Crippen LogP contribution in [-0.2, 0) is 15.5 Å². The van der Waals surface area contributed by atoms with Crippen LogP contribution in [0.15, 0.2) is 23.4 Å². The predicted molar refractivity (Wildman–Crippen MR) is 79.0 cm³/mol. The van der Waals surface area contributed by atoms with E-state index in [0.717, 1.165) is 24.1 Å². The molecule has 3 rings (SSSR count). The minimum atomic E-state index is -1.19.